The Morgan fingerprint density at radius 2 is 1.24 bits per heavy atom. The molecule has 0 saturated carbocycles. The van der Waals surface area contributed by atoms with E-state index in [1.165, 1.54) is 11.8 Å². The summed E-state index contributed by atoms with van der Waals surface area (Å²) in [5, 5.41) is 8.26. The minimum absolute atomic E-state index is 0.119. The third kappa shape index (κ3) is 8.37. The Kier molecular flexibility index (Phi) is 10.2. The summed E-state index contributed by atoms with van der Waals surface area (Å²) in [5.74, 6) is -0.964. The monoisotopic (exact) mass is 611 g/mol. The van der Waals surface area contributed by atoms with E-state index < -0.39 is 11.2 Å². The van der Waals surface area contributed by atoms with Crippen LogP contribution in [0.2, 0.25) is 0 Å². The fraction of sp³-hybridized carbons (Fsp3) is 0.0789. The van der Waals surface area contributed by atoms with Crippen LogP contribution >= 0.6 is 11.8 Å². The molecular formula is C38H33N3O3S. The van der Waals surface area contributed by atoms with Crippen LogP contribution in [0.1, 0.15) is 37.9 Å². The van der Waals surface area contributed by atoms with Gasteiger partial charge in [0.15, 0.2) is 0 Å². The predicted octanol–water partition coefficient (Wildman–Crippen LogP) is 8.19. The van der Waals surface area contributed by atoms with Gasteiger partial charge >= 0.3 is 0 Å². The zero-order valence-electron chi connectivity index (χ0n) is 25.0. The maximum atomic E-state index is 13.5. The van der Waals surface area contributed by atoms with Crippen LogP contribution in [0.15, 0.2) is 144 Å². The van der Waals surface area contributed by atoms with Gasteiger partial charge in [-0.05, 0) is 84.6 Å². The molecule has 6 nitrogen and oxygen atoms in total. The van der Waals surface area contributed by atoms with E-state index in [-0.39, 0.29) is 17.5 Å². The van der Waals surface area contributed by atoms with Crippen molar-refractivity contribution in [2.45, 2.75) is 24.0 Å². The van der Waals surface area contributed by atoms with Gasteiger partial charge in [0.1, 0.15) is 10.9 Å². The van der Waals surface area contributed by atoms with E-state index >= 15 is 0 Å². The van der Waals surface area contributed by atoms with Crippen LogP contribution in [0.5, 0.6) is 0 Å². The van der Waals surface area contributed by atoms with Gasteiger partial charge < -0.3 is 16.0 Å². The topological polar surface area (TPSA) is 87.3 Å². The maximum Gasteiger partial charge on any atom is 0.272 e. The molecule has 0 aliphatic rings. The van der Waals surface area contributed by atoms with Crippen molar-refractivity contribution in [2.75, 3.05) is 10.6 Å². The predicted molar refractivity (Wildman–Crippen MR) is 183 cm³/mol. The zero-order chi connectivity index (χ0) is 31.6. The lowest BCUT2D eigenvalue weighted by Crippen LogP contribution is -2.30. The molecule has 1 atom stereocenters. The second-order valence-corrected chi connectivity index (χ2v) is 11.6. The van der Waals surface area contributed by atoms with Crippen LogP contribution in [-0.4, -0.2) is 17.7 Å². The normalized spacial score (nSPS) is 11.7. The highest BCUT2D eigenvalue weighted by Gasteiger charge is 2.23. The van der Waals surface area contributed by atoms with Crippen molar-refractivity contribution in [1.29, 1.82) is 0 Å². The molecule has 0 aliphatic carbocycles. The first kappa shape index (κ1) is 31.0. The van der Waals surface area contributed by atoms with Gasteiger partial charge in [-0.1, -0.05) is 91.0 Å². The SMILES string of the molecule is Cc1ccccc1/C=C(\NC(=O)c1ccccc1)C(=O)Nc1ccc(SC(C(=O)Nc2ccccc2C)c2ccccc2)cc1. The molecule has 0 aliphatic heterocycles. The van der Waals surface area contributed by atoms with Crippen molar-refractivity contribution < 1.29 is 14.4 Å². The molecule has 5 aromatic rings. The average molecular weight is 612 g/mol. The third-order valence-electron chi connectivity index (χ3n) is 7.13. The number of hydrogen-bond acceptors (Lipinski definition) is 4. The molecule has 0 aromatic heterocycles. The van der Waals surface area contributed by atoms with Crippen LogP contribution in [0.4, 0.5) is 11.4 Å². The van der Waals surface area contributed by atoms with Gasteiger partial charge in [-0.25, -0.2) is 0 Å². The van der Waals surface area contributed by atoms with E-state index in [0.717, 1.165) is 32.8 Å². The number of benzene rings is 5. The number of carbonyl (C=O) groups excluding carboxylic acids is 3. The van der Waals surface area contributed by atoms with Gasteiger partial charge in [-0.15, -0.1) is 11.8 Å². The first-order chi connectivity index (χ1) is 21.9. The maximum absolute atomic E-state index is 13.5. The van der Waals surface area contributed by atoms with Crippen molar-refractivity contribution >= 4 is 46.9 Å². The molecule has 0 fully saturated rings. The van der Waals surface area contributed by atoms with E-state index in [4.69, 9.17) is 0 Å². The highest BCUT2D eigenvalue weighted by molar-refractivity contribution is 8.00. The number of nitrogens with one attached hydrogen (secondary N) is 3. The molecule has 0 radical (unpaired) electrons. The smallest absolute Gasteiger partial charge is 0.272 e. The summed E-state index contributed by atoms with van der Waals surface area (Å²) in [6, 6.07) is 41.0. The van der Waals surface area contributed by atoms with Crippen LogP contribution in [0.3, 0.4) is 0 Å². The fourth-order valence-corrected chi connectivity index (χ4v) is 5.63. The van der Waals surface area contributed by atoms with E-state index in [1.807, 2.05) is 111 Å². The number of para-hydroxylation sites is 1. The Bertz CT molecular complexity index is 1820. The van der Waals surface area contributed by atoms with E-state index in [1.54, 1.807) is 42.5 Å². The number of anilines is 2. The van der Waals surface area contributed by atoms with Gasteiger partial charge in [0.05, 0.1) is 0 Å². The molecule has 5 aromatic carbocycles. The summed E-state index contributed by atoms with van der Waals surface area (Å²) in [7, 11) is 0. The van der Waals surface area contributed by atoms with Crippen molar-refractivity contribution in [3.8, 4) is 0 Å². The zero-order valence-corrected chi connectivity index (χ0v) is 25.8. The number of hydrogen-bond donors (Lipinski definition) is 3. The Balaban J connectivity index is 1.33. The van der Waals surface area contributed by atoms with Crippen molar-refractivity contribution in [2.24, 2.45) is 0 Å². The Hall–Kier alpha value is -5.40. The second-order valence-electron chi connectivity index (χ2n) is 10.4. The quantitative estimate of drug-likeness (QED) is 0.110. The number of aryl methyl sites for hydroxylation is 2. The molecule has 0 heterocycles. The molecule has 5 rings (SSSR count). The highest BCUT2D eigenvalue weighted by atomic mass is 32.2. The molecule has 0 saturated heterocycles. The molecule has 224 valence electrons. The molecular weight excluding hydrogens is 579 g/mol. The Morgan fingerprint density at radius 3 is 1.91 bits per heavy atom. The van der Waals surface area contributed by atoms with Gasteiger partial charge in [0.25, 0.3) is 11.8 Å². The standard InChI is InChI=1S/C38H33N3O3S/c1-26-13-9-11-19-30(26)25-34(41-36(42)29-17-7-4-8-18-29)37(43)39-31-21-23-32(24-22-31)45-35(28-15-5-3-6-16-28)38(44)40-33-20-12-10-14-27(33)2/h3-25,35H,1-2H3,(H,39,43)(H,40,44)(H,41,42)/b34-25-. The van der Waals surface area contributed by atoms with Crippen molar-refractivity contribution in [1.82, 2.24) is 5.32 Å². The molecule has 3 amide bonds. The van der Waals surface area contributed by atoms with Crippen LogP contribution in [0, 0.1) is 13.8 Å². The summed E-state index contributed by atoms with van der Waals surface area (Å²) in [6.45, 7) is 3.91. The van der Waals surface area contributed by atoms with Gasteiger partial charge in [-0.3, -0.25) is 14.4 Å². The minimum Gasteiger partial charge on any atom is -0.325 e. The van der Waals surface area contributed by atoms with E-state index in [9.17, 15) is 14.4 Å². The molecule has 0 spiro atoms. The van der Waals surface area contributed by atoms with Crippen molar-refractivity contribution in [3.05, 3.63) is 167 Å². The molecule has 3 N–H and O–H groups in total. The lowest BCUT2D eigenvalue weighted by atomic mass is 10.1. The van der Waals surface area contributed by atoms with Crippen molar-refractivity contribution in [3.63, 3.8) is 0 Å². The minimum atomic E-state index is -0.497. The highest BCUT2D eigenvalue weighted by Crippen LogP contribution is 2.37. The number of thioether (sulfide) groups is 1. The largest absolute Gasteiger partial charge is 0.325 e. The number of rotatable bonds is 10. The lowest BCUT2D eigenvalue weighted by Gasteiger charge is -2.18. The third-order valence-corrected chi connectivity index (χ3v) is 8.39. The van der Waals surface area contributed by atoms with Gasteiger partial charge in [0, 0.05) is 21.8 Å². The number of carbonyl (C=O) groups is 3. The first-order valence-corrected chi connectivity index (χ1v) is 15.4. The average Bonchev–Trinajstić information content (AvgIpc) is 3.06. The molecule has 45 heavy (non-hydrogen) atoms. The first-order valence-electron chi connectivity index (χ1n) is 14.5. The van der Waals surface area contributed by atoms with Gasteiger partial charge in [-0.2, -0.15) is 0 Å². The summed E-state index contributed by atoms with van der Waals surface area (Å²) in [5.41, 5.74) is 5.54. The van der Waals surface area contributed by atoms with E-state index in [0.29, 0.717) is 11.3 Å². The summed E-state index contributed by atoms with van der Waals surface area (Å²) < 4.78 is 0. The second kappa shape index (κ2) is 14.9. The van der Waals surface area contributed by atoms with Gasteiger partial charge in [0.2, 0.25) is 5.91 Å². The fourth-order valence-electron chi connectivity index (χ4n) is 4.61. The van der Waals surface area contributed by atoms with Crippen LogP contribution < -0.4 is 16.0 Å². The lowest BCUT2D eigenvalue weighted by molar-refractivity contribution is -0.116. The summed E-state index contributed by atoms with van der Waals surface area (Å²) in [4.78, 5) is 40.8. The Labute approximate surface area is 267 Å². The van der Waals surface area contributed by atoms with E-state index in [2.05, 4.69) is 16.0 Å². The molecule has 1 unspecified atom stereocenters. The van der Waals surface area contributed by atoms with Crippen LogP contribution in [0.25, 0.3) is 6.08 Å². The Morgan fingerprint density at radius 1 is 0.644 bits per heavy atom. The summed E-state index contributed by atoms with van der Waals surface area (Å²) >= 11 is 1.43. The summed E-state index contributed by atoms with van der Waals surface area (Å²) in [6.07, 6.45) is 1.67. The van der Waals surface area contributed by atoms with Crippen LogP contribution in [-0.2, 0) is 9.59 Å². The molecule has 0 bridgehead atoms. The number of amides is 3. The molecule has 7 heteroatoms.